The number of carbonyl (C=O) groups is 12. The number of carboxylic acid groups (broad SMARTS) is 3. The number of fused-ring (bicyclic) bond motifs is 1. The Labute approximate surface area is 506 Å². The van der Waals surface area contributed by atoms with Crippen LogP contribution in [0.4, 0.5) is 0 Å². The van der Waals surface area contributed by atoms with Crippen molar-refractivity contribution in [2.75, 3.05) is 24.0 Å². The summed E-state index contributed by atoms with van der Waals surface area (Å²) in [7, 11) is 0. The fourth-order valence-electron chi connectivity index (χ4n) is 8.83. The first-order valence-corrected chi connectivity index (χ1v) is 30.0. The third-order valence-electron chi connectivity index (χ3n) is 13.4. The predicted octanol–water partition coefficient (Wildman–Crippen LogP) is -2.10. The molecule has 0 spiro atoms. The van der Waals surface area contributed by atoms with Gasteiger partial charge in [-0.05, 0) is 60.5 Å². The number of carbonyl (C=O) groups excluding carboxylic acids is 9. The molecule has 18 N–H and O–H groups in total. The van der Waals surface area contributed by atoms with E-state index in [4.69, 9.17) is 11.5 Å². The van der Waals surface area contributed by atoms with E-state index < -0.39 is 151 Å². The van der Waals surface area contributed by atoms with Crippen molar-refractivity contribution in [2.24, 2.45) is 11.5 Å². The number of aromatic nitrogens is 5. The van der Waals surface area contributed by atoms with Gasteiger partial charge in [0.15, 0.2) is 0 Å². The number of aliphatic carboxylic acids is 3. The summed E-state index contributed by atoms with van der Waals surface area (Å²) in [5.41, 5.74) is 13.9. The van der Waals surface area contributed by atoms with Crippen LogP contribution in [0.15, 0.2) is 85.8 Å². The highest BCUT2D eigenvalue weighted by atomic mass is 32.2. The summed E-state index contributed by atoms with van der Waals surface area (Å²) >= 11 is 2.69. The first-order chi connectivity index (χ1) is 41.5. The van der Waals surface area contributed by atoms with Gasteiger partial charge in [-0.15, -0.1) is 0 Å². The van der Waals surface area contributed by atoms with Crippen LogP contribution in [-0.2, 0) is 83.2 Å². The SMILES string of the molecule is CSCC[C@H](NC(=O)[C@H](Cc1c[nH]c2ccccc12)NC(=O)[C@H](CC(N)=O)NC(=O)[C@H](Cc1cnc[nH]1)NC(=O)[C@H](Cc1ccccc1)NC(=O)[C@H](CCC(=O)O)NC(=O)[C@@H](N)CCSC)C(=O)N[C@@H](CC(=O)O)C(=O)N[C@@H](Cc1cnc[nH]1)C(=O)O. The van der Waals surface area contributed by atoms with Gasteiger partial charge in [0.25, 0.3) is 0 Å². The van der Waals surface area contributed by atoms with Crippen molar-refractivity contribution in [3.8, 4) is 0 Å². The minimum atomic E-state index is -1.87. The summed E-state index contributed by atoms with van der Waals surface area (Å²) in [6.45, 7) is 0. The Hall–Kier alpha value is -9.30. The number of benzene rings is 2. The third kappa shape index (κ3) is 22.6. The van der Waals surface area contributed by atoms with Gasteiger partial charge in [-0.1, -0.05) is 48.5 Å². The maximum absolute atomic E-state index is 14.7. The summed E-state index contributed by atoms with van der Waals surface area (Å²) in [6, 6.07) is 1.12. The molecule has 0 bridgehead atoms. The van der Waals surface area contributed by atoms with E-state index in [0.29, 0.717) is 33.5 Å². The molecule has 9 amide bonds. The average molecular weight is 1250 g/mol. The topological polar surface area (TPSA) is 487 Å². The number of hydrogen-bond acceptors (Lipinski definition) is 17. The molecule has 0 aliphatic carbocycles. The molecular weight excluding hydrogens is 1170 g/mol. The standard InChI is InChI=1S/C55H71N15O15S2/c1-86-16-14-34(56)47(76)63-36(12-13-45(72)73)48(77)65-38(18-29-8-4-3-5-9-29)50(79)67-40(20-31-25-58-27-61-31)52(81)68-41(22-44(57)71)53(82)66-39(19-30-24-60-35-11-7-6-10-33(30)35)51(80)64-37(15-17-87-2)49(78)69-42(23-46(74)75)54(83)70-43(55(84)85)21-32-26-59-28-62-32/h3-11,24-28,34,36-43,60H,12-23,56H2,1-2H3,(H2,57,71)(H,58,61)(H,59,62)(H,63,76)(H,64,80)(H,65,77)(H,66,82)(H,67,79)(H,68,81)(H,69,78)(H,70,83)(H,72,73)(H,74,75)(H,84,85)/t34-,36-,37-,38-,39-,40-,41-,42-,43-/m0/s1. The number of H-pyrrole nitrogens is 3. The van der Waals surface area contributed by atoms with Gasteiger partial charge in [-0.2, -0.15) is 23.5 Å². The van der Waals surface area contributed by atoms with Crippen molar-refractivity contribution >= 4 is 105 Å². The predicted molar refractivity (Wildman–Crippen MR) is 317 cm³/mol. The van der Waals surface area contributed by atoms with Crippen LogP contribution in [0.2, 0.25) is 0 Å². The van der Waals surface area contributed by atoms with Crippen molar-refractivity contribution in [3.05, 3.63) is 108 Å². The zero-order valence-corrected chi connectivity index (χ0v) is 49.0. The molecule has 87 heavy (non-hydrogen) atoms. The number of carboxylic acids is 3. The molecule has 3 heterocycles. The largest absolute Gasteiger partial charge is 0.481 e. The number of primary amides is 1. The number of nitrogens with two attached hydrogens (primary N) is 2. The molecule has 0 aliphatic heterocycles. The first kappa shape index (κ1) is 68.5. The van der Waals surface area contributed by atoms with Crippen LogP contribution in [0.3, 0.4) is 0 Å². The minimum Gasteiger partial charge on any atom is -0.481 e. The van der Waals surface area contributed by atoms with Crippen LogP contribution in [0.1, 0.15) is 61.0 Å². The lowest BCUT2D eigenvalue weighted by molar-refractivity contribution is -0.144. The van der Waals surface area contributed by atoms with E-state index in [0.717, 1.165) is 0 Å². The zero-order chi connectivity index (χ0) is 63.6. The second kappa shape index (κ2) is 34.6. The number of para-hydroxylation sites is 1. The molecule has 5 rings (SSSR count). The van der Waals surface area contributed by atoms with E-state index in [9.17, 15) is 72.9 Å². The van der Waals surface area contributed by atoms with Gasteiger partial charge in [0.05, 0.1) is 31.5 Å². The summed E-state index contributed by atoms with van der Waals surface area (Å²) in [6.07, 6.45) is 6.44. The second-order valence-corrected chi connectivity index (χ2v) is 22.0. The highest BCUT2D eigenvalue weighted by Crippen LogP contribution is 2.20. The molecule has 0 saturated heterocycles. The van der Waals surface area contributed by atoms with E-state index in [2.05, 4.69) is 67.5 Å². The quantitative estimate of drug-likeness (QED) is 0.0201. The summed E-state index contributed by atoms with van der Waals surface area (Å²) < 4.78 is 0. The lowest BCUT2D eigenvalue weighted by atomic mass is 10.0. The number of nitrogens with one attached hydrogen (secondary N) is 11. The highest BCUT2D eigenvalue weighted by Gasteiger charge is 2.37. The molecule has 5 aromatic rings. The minimum absolute atomic E-state index is 0.125. The molecule has 0 radical (unpaired) electrons. The lowest BCUT2D eigenvalue weighted by Gasteiger charge is -2.28. The van der Waals surface area contributed by atoms with Crippen LogP contribution < -0.4 is 54.0 Å². The number of amides is 9. The Balaban J connectivity index is 1.43. The summed E-state index contributed by atoms with van der Waals surface area (Å²) in [5.74, 6) is -12.8. The van der Waals surface area contributed by atoms with Crippen molar-refractivity contribution in [1.29, 1.82) is 0 Å². The molecule has 2 aromatic carbocycles. The van der Waals surface area contributed by atoms with Crippen LogP contribution >= 0.6 is 23.5 Å². The van der Waals surface area contributed by atoms with Crippen LogP contribution in [-0.4, -0.2) is 190 Å². The molecule has 9 atom stereocenters. The number of hydrogen-bond donors (Lipinski definition) is 16. The fourth-order valence-corrected chi connectivity index (χ4v) is 9.79. The Morgan fingerprint density at radius 3 is 1.47 bits per heavy atom. The average Bonchev–Trinajstić information content (AvgIpc) is 3.15. The Bertz CT molecular complexity index is 3170. The summed E-state index contributed by atoms with van der Waals surface area (Å²) in [5, 5.41) is 49.6. The number of imidazole rings is 2. The molecule has 0 fully saturated rings. The monoisotopic (exact) mass is 1250 g/mol. The maximum atomic E-state index is 14.7. The zero-order valence-electron chi connectivity index (χ0n) is 47.4. The van der Waals surface area contributed by atoms with Crippen molar-refractivity contribution < 1.29 is 72.9 Å². The van der Waals surface area contributed by atoms with Crippen molar-refractivity contribution in [2.45, 2.75) is 119 Å². The van der Waals surface area contributed by atoms with Gasteiger partial charge in [0, 0.05) is 73.0 Å². The van der Waals surface area contributed by atoms with Crippen molar-refractivity contribution in [1.82, 2.24) is 67.5 Å². The number of aromatic amines is 3. The van der Waals surface area contributed by atoms with Crippen LogP contribution in [0.25, 0.3) is 10.9 Å². The van der Waals surface area contributed by atoms with E-state index in [1.807, 2.05) is 6.26 Å². The smallest absolute Gasteiger partial charge is 0.326 e. The molecule has 468 valence electrons. The van der Waals surface area contributed by atoms with E-state index >= 15 is 0 Å². The third-order valence-corrected chi connectivity index (χ3v) is 14.7. The summed E-state index contributed by atoms with van der Waals surface area (Å²) in [4.78, 5) is 178. The van der Waals surface area contributed by atoms with Gasteiger partial charge in [0.2, 0.25) is 53.2 Å². The molecule has 0 unspecified atom stereocenters. The first-order valence-electron chi connectivity index (χ1n) is 27.2. The molecular formula is C55H71N15O15S2. The van der Waals surface area contributed by atoms with Crippen LogP contribution in [0.5, 0.6) is 0 Å². The van der Waals surface area contributed by atoms with Gasteiger partial charge in [-0.3, -0.25) is 52.7 Å². The van der Waals surface area contributed by atoms with Gasteiger partial charge >= 0.3 is 17.9 Å². The highest BCUT2D eigenvalue weighted by molar-refractivity contribution is 7.98. The molecule has 3 aromatic heterocycles. The normalized spacial score (nSPS) is 14.2. The van der Waals surface area contributed by atoms with Gasteiger partial charge < -0.3 is 84.3 Å². The number of nitrogens with zero attached hydrogens (tertiary/aromatic N) is 2. The Kier molecular flexibility index (Phi) is 27.2. The molecule has 0 saturated carbocycles. The Morgan fingerprint density at radius 1 is 0.494 bits per heavy atom. The second-order valence-electron chi connectivity index (χ2n) is 20.0. The number of rotatable bonds is 38. The molecule has 32 heteroatoms. The molecule has 30 nitrogen and oxygen atoms in total. The number of thioether (sulfide) groups is 2. The van der Waals surface area contributed by atoms with E-state index in [-0.39, 0.29) is 50.0 Å². The Morgan fingerprint density at radius 2 is 0.943 bits per heavy atom. The van der Waals surface area contributed by atoms with E-state index in [1.165, 1.54) is 48.6 Å². The van der Waals surface area contributed by atoms with E-state index in [1.54, 1.807) is 67.0 Å². The lowest BCUT2D eigenvalue weighted by Crippen LogP contribution is -2.61. The van der Waals surface area contributed by atoms with Crippen molar-refractivity contribution in [3.63, 3.8) is 0 Å². The van der Waals surface area contributed by atoms with Gasteiger partial charge in [-0.25, -0.2) is 14.8 Å². The maximum Gasteiger partial charge on any atom is 0.326 e. The fraction of sp³-hybridized carbons (Fsp3) is 0.418. The molecule has 0 aliphatic rings. The van der Waals surface area contributed by atoms with Crippen LogP contribution in [0, 0.1) is 0 Å². The van der Waals surface area contributed by atoms with Gasteiger partial charge in [0.1, 0.15) is 48.3 Å².